The number of aliphatic hydroxyl groups excluding tert-OH is 2. The number of non-ortho nitro benzene ring substituents is 1. The fraction of sp³-hybridized carbons (Fsp3) is 0.484. The second-order valence-corrected chi connectivity index (χ2v) is 21.4. The van der Waals surface area contributed by atoms with Gasteiger partial charge in [0.1, 0.15) is 24.1 Å². The third-order valence-corrected chi connectivity index (χ3v) is 15.9. The molecule has 3 N–H and O–H groups in total. The molecule has 16 nitrogen and oxygen atoms in total. The Kier molecular flexibility index (Phi) is 22.2. The van der Waals surface area contributed by atoms with Crippen molar-refractivity contribution in [2.45, 2.75) is 147 Å². The molecule has 1 fully saturated rings. The van der Waals surface area contributed by atoms with E-state index >= 15 is 4.79 Å². The van der Waals surface area contributed by atoms with Crippen molar-refractivity contribution in [2.75, 3.05) is 33.2 Å². The number of benzene rings is 4. The van der Waals surface area contributed by atoms with Crippen LogP contribution in [0.5, 0.6) is 23.0 Å². The van der Waals surface area contributed by atoms with Crippen LogP contribution in [0.1, 0.15) is 144 Å². The summed E-state index contributed by atoms with van der Waals surface area (Å²) < 4.78 is 32.3. The molecule has 1 saturated carbocycles. The Morgan fingerprint density at radius 1 is 0.838 bits per heavy atom. The molecular weight excluding hydrogens is 1020 g/mol. The molecule has 2 aliphatic heterocycles. The van der Waals surface area contributed by atoms with E-state index in [1.807, 2.05) is 60.7 Å². The number of oxime groups is 1. The highest BCUT2D eigenvalue weighted by molar-refractivity contribution is 6.03. The Hall–Kier alpha value is -7.01. The normalized spacial score (nSPS) is 21.0. The zero-order chi connectivity index (χ0) is 56.1. The van der Waals surface area contributed by atoms with Crippen LogP contribution in [0.2, 0.25) is 0 Å². The number of nitro groups is 1. The van der Waals surface area contributed by atoms with Crippen molar-refractivity contribution in [1.82, 2.24) is 10.2 Å². The van der Waals surface area contributed by atoms with Gasteiger partial charge in [-0.25, -0.2) is 4.79 Å². The minimum Gasteiger partial charge on any atom is -0.459 e. The summed E-state index contributed by atoms with van der Waals surface area (Å²) >= 11 is 0. The summed E-state index contributed by atoms with van der Waals surface area (Å²) in [5.41, 5.74) is 4.41. The third-order valence-electron chi connectivity index (χ3n) is 15.9. The van der Waals surface area contributed by atoms with Gasteiger partial charge in [-0.3, -0.25) is 14.9 Å². The van der Waals surface area contributed by atoms with E-state index in [1.54, 1.807) is 35.3 Å². The first-order valence-electron chi connectivity index (χ1n) is 29.0. The van der Waals surface area contributed by atoms with Gasteiger partial charge in [0.05, 0.1) is 23.2 Å². The van der Waals surface area contributed by atoms with Crippen molar-refractivity contribution in [1.29, 1.82) is 0 Å². The average Bonchev–Trinajstić information content (AvgIpc) is 4.07. The lowest BCUT2D eigenvalue weighted by Gasteiger charge is -2.60. The van der Waals surface area contributed by atoms with Crippen LogP contribution < -0.4 is 24.3 Å². The second-order valence-electron chi connectivity index (χ2n) is 21.4. The number of carbonyl (C=O) groups is 2. The number of nitrogens with zero attached hydrogens (tertiary/aromatic N) is 3. The molecule has 4 aromatic rings. The van der Waals surface area contributed by atoms with Gasteiger partial charge in [-0.2, -0.15) is 0 Å². The third kappa shape index (κ3) is 15.3. The Labute approximate surface area is 471 Å². The molecule has 0 aromatic heterocycles. The number of nitrogens with one attached hydrogen (secondary N) is 1. The SMILES string of the molecule is C=CCOC12Oc3ccc(OC(=O)NCCCCCCCCCCCC)cc3C3C(CCCCO)C(CCCCO)C=C(C(=NOCc4ccccc4)CC1N(Cc1ccc4c(c1)OCO4)C(=O)C=Cc1ccc([N+](=O)[O-])cc1)C32. The fourth-order valence-electron chi connectivity index (χ4n) is 12.0. The lowest BCUT2D eigenvalue weighted by Crippen LogP contribution is -2.70. The van der Waals surface area contributed by atoms with Gasteiger partial charge >= 0.3 is 6.09 Å². The second kappa shape index (κ2) is 30.0. The Morgan fingerprint density at radius 3 is 2.27 bits per heavy atom. The van der Waals surface area contributed by atoms with E-state index < -0.39 is 34.7 Å². The maximum Gasteiger partial charge on any atom is 0.412 e. The standard InChI is InChI=1S/C64H80N4O12/c1-3-5-6-7-8-9-10-11-12-18-35-65-63(72)79-51-31-33-56-54(41-51)61-52(24-17-20-37-70)49(23-16-19-36-69)40-53-55(66-78-44-47-21-14-13-15-22-47)42-59(64(80-56,62(53)61)77-38-4-2)67(43-48-27-32-57-58(39-48)76-45-75-57)60(71)34-28-46-25-29-50(30-26-46)68(73)74/h4,13-15,21-22,25-34,39-41,49,52,59,61-62,69-70H,2-3,5-12,16-20,23-24,35-38,42-45H2,1H3,(H,65,72). The predicted octanol–water partition coefficient (Wildman–Crippen LogP) is 12.9. The first-order chi connectivity index (χ1) is 39.2. The largest absolute Gasteiger partial charge is 0.459 e. The van der Waals surface area contributed by atoms with Gasteiger partial charge in [-0.1, -0.05) is 131 Å². The number of carbonyl (C=O) groups excluding carboxylic acids is 2. The number of amides is 2. The van der Waals surface area contributed by atoms with E-state index in [0.717, 1.165) is 54.4 Å². The van der Waals surface area contributed by atoms with Gasteiger partial charge < -0.3 is 49.0 Å². The number of unbranched alkanes of at least 4 members (excludes halogenated alkanes) is 11. The maximum atomic E-state index is 15.5. The van der Waals surface area contributed by atoms with E-state index in [9.17, 15) is 25.1 Å². The molecule has 6 atom stereocenters. The number of nitro benzene ring substituents is 1. The highest BCUT2D eigenvalue weighted by Crippen LogP contribution is 2.62. The van der Waals surface area contributed by atoms with Gasteiger partial charge in [0.25, 0.3) is 5.69 Å². The van der Waals surface area contributed by atoms with Crippen LogP contribution >= 0.6 is 0 Å². The van der Waals surface area contributed by atoms with Crippen LogP contribution in [0.15, 0.2) is 127 Å². The van der Waals surface area contributed by atoms with E-state index in [1.165, 1.54) is 63.2 Å². The van der Waals surface area contributed by atoms with Crippen molar-refractivity contribution in [3.8, 4) is 23.0 Å². The minimum absolute atomic E-state index is 0.0251. The lowest BCUT2D eigenvalue weighted by atomic mass is 9.55. The average molecular weight is 1100 g/mol. The molecule has 0 radical (unpaired) electrons. The van der Waals surface area contributed by atoms with Crippen LogP contribution in [-0.4, -0.2) is 82.7 Å². The number of hydrogen-bond acceptors (Lipinski definition) is 13. The zero-order valence-corrected chi connectivity index (χ0v) is 46.4. The lowest BCUT2D eigenvalue weighted by molar-refractivity contribution is -0.384. The van der Waals surface area contributed by atoms with Gasteiger partial charge in [0.15, 0.2) is 11.5 Å². The van der Waals surface area contributed by atoms with Crippen molar-refractivity contribution in [3.05, 3.63) is 154 Å². The van der Waals surface area contributed by atoms with Gasteiger partial charge in [0, 0.05) is 62.4 Å². The first kappa shape index (κ1) is 59.1. The van der Waals surface area contributed by atoms with Crippen molar-refractivity contribution >= 4 is 29.5 Å². The maximum absolute atomic E-state index is 15.5. The first-order valence-corrected chi connectivity index (χ1v) is 29.0. The molecule has 2 heterocycles. The minimum atomic E-state index is -1.61. The highest BCUT2D eigenvalue weighted by atomic mass is 16.7. The Balaban J connectivity index is 1.22. The van der Waals surface area contributed by atoms with Gasteiger partial charge in [-0.05, 0) is 115 Å². The number of fused-ring (bicyclic) bond motifs is 3. The molecule has 4 aromatic carbocycles. The van der Waals surface area contributed by atoms with Crippen LogP contribution in [0.3, 0.4) is 0 Å². The van der Waals surface area contributed by atoms with Crippen LogP contribution in [-0.2, 0) is 27.5 Å². The number of ether oxygens (including phenoxy) is 5. The van der Waals surface area contributed by atoms with E-state index in [4.69, 9.17) is 33.7 Å². The Bertz CT molecular complexity index is 2770. The van der Waals surface area contributed by atoms with Gasteiger partial charge in [0.2, 0.25) is 18.5 Å². The number of allylic oxidation sites excluding steroid dienone is 1. The molecule has 80 heavy (non-hydrogen) atoms. The van der Waals surface area contributed by atoms with E-state index in [2.05, 4.69) is 24.9 Å². The number of hydrogen-bond donors (Lipinski definition) is 3. The summed E-state index contributed by atoms with van der Waals surface area (Å²) in [6.45, 7) is 7.22. The molecule has 0 bridgehead atoms. The molecule has 2 aliphatic carbocycles. The molecule has 428 valence electrons. The summed E-state index contributed by atoms with van der Waals surface area (Å²) in [7, 11) is 0. The number of rotatable bonds is 32. The summed E-state index contributed by atoms with van der Waals surface area (Å²) in [5.74, 6) is -1.21. The summed E-state index contributed by atoms with van der Waals surface area (Å²) in [4.78, 5) is 48.1. The quantitative estimate of drug-likeness (QED) is 0.0138. The van der Waals surface area contributed by atoms with Crippen LogP contribution in [0.4, 0.5) is 10.5 Å². The van der Waals surface area contributed by atoms with E-state index in [-0.39, 0.29) is 69.6 Å². The zero-order valence-electron chi connectivity index (χ0n) is 46.4. The topological polar surface area (TPSA) is 201 Å². The highest BCUT2D eigenvalue weighted by Gasteiger charge is 2.65. The molecule has 0 spiro atoms. The smallest absolute Gasteiger partial charge is 0.412 e. The Morgan fingerprint density at radius 2 is 1.55 bits per heavy atom. The van der Waals surface area contributed by atoms with Gasteiger partial charge in [-0.15, -0.1) is 6.58 Å². The summed E-state index contributed by atoms with van der Waals surface area (Å²) in [6.07, 6.45) is 22.6. The predicted molar refractivity (Wildman–Crippen MR) is 307 cm³/mol. The van der Waals surface area contributed by atoms with Crippen molar-refractivity contribution < 1.29 is 53.2 Å². The summed E-state index contributed by atoms with van der Waals surface area (Å²) in [5, 5.41) is 39.8. The number of aliphatic hydroxyl groups is 2. The van der Waals surface area contributed by atoms with E-state index in [0.29, 0.717) is 66.5 Å². The fourth-order valence-corrected chi connectivity index (χ4v) is 12.0. The summed E-state index contributed by atoms with van der Waals surface area (Å²) in [6, 6.07) is 25.8. The molecule has 16 heteroatoms. The van der Waals surface area contributed by atoms with Crippen LogP contribution in [0, 0.1) is 27.9 Å². The van der Waals surface area contributed by atoms with Crippen LogP contribution in [0.25, 0.3) is 6.08 Å². The molecule has 6 unspecified atom stereocenters. The molecule has 2 amide bonds. The van der Waals surface area contributed by atoms with Crippen molar-refractivity contribution in [2.24, 2.45) is 22.9 Å². The molecule has 0 saturated heterocycles. The molecule has 4 aliphatic rings. The molecular formula is C64H80N4O12. The molecule has 8 rings (SSSR count). The van der Waals surface area contributed by atoms with Crippen molar-refractivity contribution in [3.63, 3.8) is 0 Å². The monoisotopic (exact) mass is 1100 g/mol.